The van der Waals surface area contributed by atoms with E-state index < -0.39 is 0 Å². The third kappa shape index (κ3) is 3.72. The summed E-state index contributed by atoms with van der Waals surface area (Å²) < 4.78 is 10.2. The fraction of sp³-hybridized carbons (Fsp3) is 0.211. The highest BCUT2D eigenvalue weighted by molar-refractivity contribution is 6.07. The van der Waals surface area contributed by atoms with Gasteiger partial charge in [0.25, 0.3) is 0 Å². The molecule has 2 aromatic carbocycles. The lowest BCUT2D eigenvalue weighted by Crippen LogP contribution is -1.96. The lowest BCUT2D eigenvalue weighted by Gasteiger charge is -2.09. The molecule has 0 atom stereocenters. The second-order valence-corrected chi connectivity index (χ2v) is 5.27. The van der Waals surface area contributed by atoms with Gasteiger partial charge in [0, 0.05) is 5.56 Å². The van der Waals surface area contributed by atoms with Crippen molar-refractivity contribution in [3.8, 4) is 17.2 Å². The van der Waals surface area contributed by atoms with Crippen molar-refractivity contribution in [2.75, 3.05) is 14.2 Å². The van der Waals surface area contributed by atoms with Gasteiger partial charge < -0.3 is 14.6 Å². The summed E-state index contributed by atoms with van der Waals surface area (Å²) in [7, 11) is 2.92. The summed E-state index contributed by atoms with van der Waals surface area (Å²) in [4.78, 5) is 12.3. The number of rotatable bonds is 5. The predicted octanol–water partition coefficient (Wildman–Crippen LogP) is 3.92. The fourth-order valence-corrected chi connectivity index (χ4v) is 2.17. The van der Waals surface area contributed by atoms with Crippen molar-refractivity contribution < 1.29 is 19.4 Å². The number of phenolic OH excluding ortho intramolecular Hbond substituents is 1. The number of aromatic hydroxyl groups is 1. The van der Waals surface area contributed by atoms with E-state index >= 15 is 0 Å². The van der Waals surface area contributed by atoms with Gasteiger partial charge in [0.1, 0.15) is 0 Å². The third-order valence-electron chi connectivity index (χ3n) is 3.72. The largest absolute Gasteiger partial charge is 0.502 e. The van der Waals surface area contributed by atoms with Crippen molar-refractivity contribution in [2.24, 2.45) is 0 Å². The Hall–Kier alpha value is -2.75. The molecule has 2 rings (SSSR count). The molecule has 2 aromatic rings. The Kier molecular flexibility index (Phi) is 5.06. The minimum Gasteiger partial charge on any atom is -0.502 e. The average molecular weight is 312 g/mol. The minimum absolute atomic E-state index is 0.0624. The van der Waals surface area contributed by atoms with E-state index in [9.17, 15) is 9.90 Å². The van der Waals surface area contributed by atoms with Gasteiger partial charge in [0.05, 0.1) is 14.2 Å². The van der Waals surface area contributed by atoms with E-state index in [-0.39, 0.29) is 11.5 Å². The van der Waals surface area contributed by atoms with Crippen LogP contribution in [-0.2, 0) is 0 Å². The van der Waals surface area contributed by atoms with Crippen molar-refractivity contribution in [3.63, 3.8) is 0 Å². The fourth-order valence-electron chi connectivity index (χ4n) is 2.17. The van der Waals surface area contributed by atoms with Crippen molar-refractivity contribution >= 4 is 11.9 Å². The van der Waals surface area contributed by atoms with Crippen molar-refractivity contribution in [1.29, 1.82) is 0 Å². The second-order valence-electron chi connectivity index (χ2n) is 5.27. The molecule has 0 aliphatic rings. The third-order valence-corrected chi connectivity index (χ3v) is 3.72. The number of ketones is 1. The Labute approximate surface area is 136 Å². The zero-order valence-corrected chi connectivity index (χ0v) is 13.7. The van der Waals surface area contributed by atoms with Crippen molar-refractivity contribution in [1.82, 2.24) is 0 Å². The molecule has 4 heteroatoms. The number of carbonyl (C=O) groups is 1. The van der Waals surface area contributed by atoms with Crippen LogP contribution in [0.2, 0.25) is 0 Å². The molecule has 0 aliphatic heterocycles. The van der Waals surface area contributed by atoms with Crippen molar-refractivity contribution in [2.45, 2.75) is 13.8 Å². The van der Waals surface area contributed by atoms with E-state index in [0.29, 0.717) is 22.6 Å². The maximum absolute atomic E-state index is 12.3. The highest BCUT2D eigenvalue weighted by Crippen LogP contribution is 2.37. The minimum atomic E-state index is -0.0842. The van der Waals surface area contributed by atoms with E-state index in [1.807, 2.05) is 32.0 Å². The standard InChI is InChI=1S/C19H20O4/c1-12-5-7-15(9-13(12)2)16(20)8-6-14-10-17(22-3)19(21)18(11-14)23-4/h5-11,21H,1-4H3. The quantitative estimate of drug-likeness (QED) is 0.671. The van der Waals surface area contributed by atoms with E-state index in [1.54, 1.807) is 18.2 Å². The molecule has 0 amide bonds. The van der Waals surface area contributed by atoms with Crippen LogP contribution in [-0.4, -0.2) is 25.1 Å². The number of benzene rings is 2. The highest BCUT2D eigenvalue weighted by Gasteiger charge is 2.10. The van der Waals surface area contributed by atoms with Gasteiger partial charge in [-0.15, -0.1) is 0 Å². The van der Waals surface area contributed by atoms with Gasteiger partial charge in [0.2, 0.25) is 5.75 Å². The smallest absolute Gasteiger partial charge is 0.200 e. The number of aryl methyl sites for hydroxylation is 2. The molecule has 23 heavy (non-hydrogen) atoms. The summed E-state index contributed by atoms with van der Waals surface area (Å²) in [6.45, 7) is 3.99. The predicted molar refractivity (Wildman–Crippen MR) is 90.5 cm³/mol. The van der Waals surface area contributed by atoms with Crippen LogP contribution in [0.5, 0.6) is 17.2 Å². The normalized spacial score (nSPS) is 10.8. The van der Waals surface area contributed by atoms with Gasteiger partial charge >= 0.3 is 0 Å². The summed E-state index contributed by atoms with van der Waals surface area (Å²) in [5, 5.41) is 9.88. The van der Waals surface area contributed by atoms with Gasteiger partial charge in [-0.25, -0.2) is 0 Å². The van der Waals surface area contributed by atoms with Crippen LogP contribution in [0.25, 0.3) is 6.08 Å². The molecule has 0 spiro atoms. The second kappa shape index (κ2) is 7.01. The molecular weight excluding hydrogens is 292 g/mol. The number of hydrogen-bond donors (Lipinski definition) is 1. The number of allylic oxidation sites excluding steroid dienone is 1. The maximum Gasteiger partial charge on any atom is 0.200 e. The Morgan fingerprint density at radius 3 is 2.13 bits per heavy atom. The SMILES string of the molecule is COc1cc(C=CC(=O)c2ccc(C)c(C)c2)cc(OC)c1O. The Balaban J connectivity index is 2.28. The molecule has 0 saturated carbocycles. The summed E-state index contributed by atoms with van der Waals surface area (Å²) in [6.07, 6.45) is 3.16. The molecule has 0 bridgehead atoms. The monoisotopic (exact) mass is 312 g/mol. The zero-order chi connectivity index (χ0) is 17.0. The summed E-state index contributed by atoms with van der Waals surface area (Å²) in [5.41, 5.74) is 3.58. The Morgan fingerprint density at radius 2 is 1.61 bits per heavy atom. The number of carbonyl (C=O) groups excluding carboxylic acids is 1. The molecule has 1 N–H and O–H groups in total. The summed E-state index contributed by atoms with van der Waals surface area (Å²) in [6, 6.07) is 8.90. The van der Waals surface area contributed by atoms with Gasteiger partial charge in [0.15, 0.2) is 17.3 Å². The first kappa shape index (κ1) is 16.6. The molecule has 0 radical (unpaired) electrons. The molecule has 0 aromatic heterocycles. The number of methoxy groups -OCH3 is 2. The number of ether oxygens (including phenoxy) is 2. The van der Waals surface area contributed by atoms with E-state index in [0.717, 1.165) is 11.1 Å². The lowest BCUT2D eigenvalue weighted by atomic mass is 10.0. The van der Waals surface area contributed by atoms with Crippen LogP contribution in [0, 0.1) is 13.8 Å². The molecule has 0 saturated heterocycles. The Bertz CT molecular complexity index is 735. The van der Waals surface area contributed by atoms with Gasteiger partial charge in [-0.1, -0.05) is 18.2 Å². The Morgan fingerprint density at radius 1 is 1.00 bits per heavy atom. The molecule has 0 heterocycles. The van der Waals surface area contributed by atoms with Crippen molar-refractivity contribution in [3.05, 3.63) is 58.7 Å². The topological polar surface area (TPSA) is 55.8 Å². The summed E-state index contributed by atoms with van der Waals surface area (Å²) in [5.74, 6) is 0.442. The van der Waals surface area contributed by atoms with Crippen LogP contribution in [0.4, 0.5) is 0 Å². The number of hydrogen-bond acceptors (Lipinski definition) is 4. The first-order valence-electron chi connectivity index (χ1n) is 7.21. The van der Waals surface area contributed by atoms with E-state index in [1.165, 1.54) is 20.3 Å². The maximum atomic E-state index is 12.3. The van der Waals surface area contributed by atoms with Gasteiger partial charge in [-0.05, 0) is 54.8 Å². The van der Waals surface area contributed by atoms with Crippen LogP contribution < -0.4 is 9.47 Å². The average Bonchev–Trinajstić information content (AvgIpc) is 2.55. The van der Waals surface area contributed by atoms with Gasteiger partial charge in [-0.2, -0.15) is 0 Å². The van der Waals surface area contributed by atoms with E-state index in [2.05, 4.69) is 0 Å². The lowest BCUT2D eigenvalue weighted by molar-refractivity contribution is 0.104. The summed E-state index contributed by atoms with van der Waals surface area (Å²) >= 11 is 0. The molecule has 120 valence electrons. The molecule has 0 fully saturated rings. The molecule has 0 unspecified atom stereocenters. The first-order valence-corrected chi connectivity index (χ1v) is 7.21. The van der Waals surface area contributed by atoms with Gasteiger partial charge in [-0.3, -0.25) is 4.79 Å². The highest BCUT2D eigenvalue weighted by atomic mass is 16.5. The van der Waals surface area contributed by atoms with Crippen LogP contribution in [0.15, 0.2) is 36.4 Å². The molecule has 0 aliphatic carbocycles. The molecule has 4 nitrogen and oxygen atoms in total. The van der Waals surface area contributed by atoms with E-state index in [4.69, 9.17) is 9.47 Å². The van der Waals surface area contributed by atoms with Crippen LogP contribution in [0.3, 0.4) is 0 Å². The van der Waals surface area contributed by atoms with Crippen LogP contribution >= 0.6 is 0 Å². The zero-order valence-electron chi connectivity index (χ0n) is 13.7. The van der Waals surface area contributed by atoms with Crippen LogP contribution in [0.1, 0.15) is 27.0 Å². The number of phenols is 1. The first-order chi connectivity index (χ1) is 11.0. The molecular formula is C19H20O4.